The smallest absolute Gasteiger partial charge is 0.0583 e. The molecule has 0 radical (unpaired) electrons. The van der Waals surface area contributed by atoms with Gasteiger partial charge in [-0.25, -0.2) is 0 Å². The molecule has 4 atom stereocenters. The lowest BCUT2D eigenvalue weighted by Gasteiger charge is -2.38. The van der Waals surface area contributed by atoms with Crippen LogP contribution in [-0.4, -0.2) is 60.7 Å². The third-order valence-electron chi connectivity index (χ3n) is 5.19. The molecule has 1 saturated carbocycles. The van der Waals surface area contributed by atoms with Gasteiger partial charge in [0.2, 0.25) is 0 Å². The van der Waals surface area contributed by atoms with Gasteiger partial charge in [-0.05, 0) is 31.6 Å². The highest BCUT2D eigenvalue weighted by molar-refractivity contribution is 4.96. The number of likely N-dealkylation sites (tertiary alicyclic amines) is 1. The Bertz CT molecular complexity index is 291. The Kier molecular flexibility index (Phi) is 3.63. The Morgan fingerprint density at radius 2 is 2.17 bits per heavy atom. The van der Waals surface area contributed by atoms with E-state index < -0.39 is 0 Å². The molecule has 1 aliphatic carbocycles. The summed E-state index contributed by atoms with van der Waals surface area (Å²) in [5.74, 6) is 1.16. The number of rotatable bonds is 3. The van der Waals surface area contributed by atoms with Crippen LogP contribution in [0.2, 0.25) is 0 Å². The molecule has 18 heavy (non-hydrogen) atoms. The summed E-state index contributed by atoms with van der Waals surface area (Å²) in [6.45, 7) is 4.80. The number of hydrogen-bond acceptors (Lipinski definition) is 4. The van der Waals surface area contributed by atoms with Crippen molar-refractivity contribution in [2.75, 3.05) is 39.5 Å². The van der Waals surface area contributed by atoms with Crippen molar-refractivity contribution in [1.29, 1.82) is 0 Å². The van der Waals surface area contributed by atoms with Crippen molar-refractivity contribution in [2.24, 2.45) is 17.3 Å². The van der Waals surface area contributed by atoms with E-state index in [9.17, 15) is 10.2 Å². The van der Waals surface area contributed by atoms with Crippen molar-refractivity contribution in [3.8, 4) is 0 Å². The van der Waals surface area contributed by atoms with Crippen molar-refractivity contribution in [3.63, 3.8) is 0 Å². The van der Waals surface area contributed by atoms with E-state index in [2.05, 4.69) is 4.90 Å². The highest BCUT2D eigenvalue weighted by Gasteiger charge is 2.44. The van der Waals surface area contributed by atoms with Gasteiger partial charge in [-0.2, -0.15) is 0 Å². The molecule has 0 amide bonds. The second-order valence-electron chi connectivity index (χ2n) is 6.58. The summed E-state index contributed by atoms with van der Waals surface area (Å²) in [5, 5.41) is 19.6. The highest BCUT2D eigenvalue weighted by Crippen LogP contribution is 2.40. The summed E-state index contributed by atoms with van der Waals surface area (Å²) >= 11 is 0. The molecule has 3 fully saturated rings. The zero-order chi connectivity index (χ0) is 12.6. The SMILES string of the molecule is OCC1(CN2CC3CCC(O)C3C2)CCCOC1. The average Bonchev–Trinajstić information content (AvgIpc) is 2.93. The van der Waals surface area contributed by atoms with E-state index in [4.69, 9.17) is 4.74 Å². The Morgan fingerprint density at radius 3 is 2.83 bits per heavy atom. The zero-order valence-corrected chi connectivity index (χ0v) is 11.1. The zero-order valence-electron chi connectivity index (χ0n) is 11.1. The van der Waals surface area contributed by atoms with Gasteiger partial charge in [-0.1, -0.05) is 0 Å². The molecule has 2 N–H and O–H groups in total. The van der Waals surface area contributed by atoms with Crippen LogP contribution >= 0.6 is 0 Å². The minimum absolute atomic E-state index is 0.0537. The molecule has 3 rings (SSSR count). The van der Waals surface area contributed by atoms with Gasteiger partial charge in [0, 0.05) is 37.6 Å². The summed E-state index contributed by atoms with van der Waals surface area (Å²) in [6.07, 6.45) is 4.19. The lowest BCUT2D eigenvalue weighted by Crippen LogP contribution is -2.45. The van der Waals surface area contributed by atoms with Crippen LogP contribution in [0.25, 0.3) is 0 Å². The minimum atomic E-state index is -0.0901. The number of fused-ring (bicyclic) bond motifs is 1. The van der Waals surface area contributed by atoms with Gasteiger partial charge in [0.1, 0.15) is 0 Å². The summed E-state index contributed by atoms with van der Waals surface area (Å²) in [4.78, 5) is 2.45. The maximum atomic E-state index is 9.94. The molecule has 2 saturated heterocycles. The van der Waals surface area contributed by atoms with Crippen LogP contribution in [0.3, 0.4) is 0 Å². The van der Waals surface area contributed by atoms with Crippen molar-refractivity contribution in [1.82, 2.24) is 4.90 Å². The molecule has 4 heteroatoms. The van der Waals surface area contributed by atoms with Crippen molar-refractivity contribution in [2.45, 2.75) is 31.8 Å². The Labute approximate surface area is 109 Å². The molecule has 0 aromatic rings. The number of aliphatic hydroxyl groups is 2. The molecule has 2 aliphatic heterocycles. The fourth-order valence-electron chi connectivity index (χ4n) is 4.14. The first-order valence-electron chi connectivity index (χ1n) is 7.31. The van der Waals surface area contributed by atoms with E-state index >= 15 is 0 Å². The van der Waals surface area contributed by atoms with Gasteiger partial charge in [0.25, 0.3) is 0 Å². The summed E-state index contributed by atoms with van der Waals surface area (Å²) < 4.78 is 5.57. The van der Waals surface area contributed by atoms with Crippen LogP contribution in [0.15, 0.2) is 0 Å². The standard InChI is InChI=1S/C14H25NO3/c16-9-14(4-1-5-18-10-14)8-15-6-11-2-3-13(17)12(11)7-15/h11-13,16-17H,1-10H2. The normalized spacial score (nSPS) is 45.3. The van der Waals surface area contributed by atoms with Gasteiger partial charge in [-0.15, -0.1) is 0 Å². The number of hydrogen-bond donors (Lipinski definition) is 2. The molecule has 0 spiro atoms. The first-order valence-corrected chi connectivity index (χ1v) is 7.31. The molecule has 0 aromatic carbocycles. The molecule has 104 valence electrons. The second-order valence-corrected chi connectivity index (χ2v) is 6.58. The highest BCUT2D eigenvalue weighted by atomic mass is 16.5. The van der Waals surface area contributed by atoms with Crippen LogP contribution in [0.5, 0.6) is 0 Å². The lowest BCUT2D eigenvalue weighted by atomic mass is 9.83. The molecular weight excluding hydrogens is 230 g/mol. The predicted octanol–water partition coefficient (Wildman–Crippen LogP) is 0.478. The summed E-state index contributed by atoms with van der Waals surface area (Å²) in [7, 11) is 0. The van der Waals surface area contributed by atoms with Gasteiger partial charge in [-0.3, -0.25) is 0 Å². The van der Waals surface area contributed by atoms with E-state index in [1.54, 1.807) is 0 Å². The largest absolute Gasteiger partial charge is 0.396 e. The van der Waals surface area contributed by atoms with Crippen molar-refractivity contribution < 1.29 is 14.9 Å². The predicted molar refractivity (Wildman–Crippen MR) is 68.2 cm³/mol. The third kappa shape index (κ3) is 2.31. The number of aliphatic hydroxyl groups excluding tert-OH is 2. The molecule has 4 nitrogen and oxygen atoms in total. The fourth-order valence-corrected chi connectivity index (χ4v) is 4.14. The van der Waals surface area contributed by atoms with Crippen molar-refractivity contribution >= 4 is 0 Å². The number of ether oxygens (including phenoxy) is 1. The van der Waals surface area contributed by atoms with E-state index in [1.165, 1.54) is 6.42 Å². The fraction of sp³-hybridized carbons (Fsp3) is 1.00. The summed E-state index contributed by atoms with van der Waals surface area (Å²) in [5.41, 5.74) is -0.0537. The van der Waals surface area contributed by atoms with E-state index in [0.29, 0.717) is 18.4 Å². The molecule has 2 heterocycles. The quantitative estimate of drug-likeness (QED) is 0.770. The minimum Gasteiger partial charge on any atom is -0.396 e. The molecule has 4 unspecified atom stereocenters. The molecule has 0 bridgehead atoms. The van der Waals surface area contributed by atoms with Crippen LogP contribution in [-0.2, 0) is 4.74 Å². The monoisotopic (exact) mass is 255 g/mol. The maximum Gasteiger partial charge on any atom is 0.0583 e. The lowest BCUT2D eigenvalue weighted by molar-refractivity contribution is -0.0539. The Hall–Kier alpha value is -0.160. The van der Waals surface area contributed by atoms with Crippen LogP contribution < -0.4 is 0 Å². The van der Waals surface area contributed by atoms with Gasteiger partial charge < -0.3 is 19.8 Å². The third-order valence-corrected chi connectivity index (χ3v) is 5.19. The van der Waals surface area contributed by atoms with Crippen LogP contribution in [0.1, 0.15) is 25.7 Å². The molecule has 3 aliphatic rings. The first-order chi connectivity index (χ1) is 8.72. The average molecular weight is 255 g/mol. The van der Waals surface area contributed by atoms with E-state index in [-0.39, 0.29) is 18.1 Å². The Morgan fingerprint density at radius 1 is 1.28 bits per heavy atom. The first kappa shape index (κ1) is 12.9. The van der Waals surface area contributed by atoms with E-state index in [0.717, 1.165) is 45.5 Å². The van der Waals surface area contributed by atoms with Crippen LogP contribution in [0.4, 0.5) is 0 Å². The topological polar surface area (TPSA) is 52.9 Å². The number of nitrogens with zero attached hydrogens (tertiary/aromatic N) is 1. The molecular formula is C14H25NO3. The van der Waals surface area contributed by atoms with Gasteiger partial charge in [0.05, 0.1) is 19.3 Å². The van der Waals surface area contributed by atoms with E-state index in [1.807, 2.05) is 0 Å². The second kappa shape index (κ2) is 5.08. The summed E-state index contributed by atoms with van der Waals surface area (Å²) in [6, 6.07) is 0. The van der Waals surface area contributed by atoms with Crippen molar-refractivity contribution in [3.05, 3.63) is 0 Å². The van der Waals surface area contributed by atoms with Crippen LogP contribution in [0, 0.1) is 17.3 Å². The Balaban J connectivity index is 1.60. The van der Waals surface area contributed by atoms with Gasteiger partial charge in [0.15, 0.2) is 0 Å². The maximum absolute atomic E-state index is 9.94. The van der Waals surface area contributed by atoms with Gasteiger partial charge >= 0.3 is 0 Å². The molecule has 0 aromatic heterocycles.